The standard InChI is InChI=1S/C42H25N7/c1-7-19-32-26(13-1)27-14-2-8-20-33(27)47(32)40-39-38(43-25-44-40)41(48-34-21-9-3-15-28(34)29-16-4-10-22-35(29)48)46-42(45-39)49-36-23-11-5-17-30(36)31-18-6-12-24-37(31)49/h1-25H. The van der Waals surface area contributed by atoms with Crippen molar-refractivity contribution in [1.82, 2.24) is 33.6 Å². The number of para-hydroxylation sites is 6. The van der Waals surface area contributed by atoms with E-state index in [0.29, 0.717) is 28.6 Å². The van der Waals surface area contributed by atoms with Crippen molar-refractivity contribution in [1.29, 1.82) is 0 Å². The molecular formula is C42H25N7. The molecule has 0 fully saturated rings. The highest BCUT2D eigenvalue weighted by atomic mass is 15.2. The first-order valence-electron chi connectivity index (χ1n) is 16.3. The van der Waals surface area contributed by atoms with Crippen LogP contribution in [-0.4, -0.2) is 33.6 Å². The van der Waals surface area contributed by atoms with Crippen molar-refractivity contribution in [2.75, 3.05) is 0 Å². The Hall–Kier alpha value is -6.86. The smallest absolute Gasteiger partial charge is 0.237 e. The average Bonchev–Trinajstić information content (AvgIpc) is 3.80. The van der Waals surface area contributed by atoms with Gasteiger partial charge in [0.2, 0.25) is 5.95 Å². The van der Waals surface area contributed by atoms with Crippen LogP contribution in [0, 0.1) is 0 Å². The van der Waals surface area contributed by atoms with E-state index in [9.17, 15) is 0 Å². The molecule has 7 heteroatoms. The molecular weight excluding hydrogens is 603 g/mol. The van der Waals surface area contributed by atoms with Crippen molar-refractivity contribution in [2.45, 2.75) is 0 Å². The Morgan fingerprint density at radius 2 is 0.653 bits per heavy atom. The summed E-state index contributed by atoms with van der Waals surface area (Å²) >= 11 is 0. The molecule has 11 rings (SSSR count). The van der Waals surface area contributed by atoms with Gasteiger partial charge in [0.1, 0.15) is 17.4 Å². The molecule has 0 aliphatic carbocycles. The summed E-state index contributed by atoms with van der Waals surface area (Å²) in [7, 11) is 0. The molecule has 5 aromatic heterocycles. The van der Waals surface area contributed by atoms with Gasteiger partial charge >= 0.3 is 0 Å². The van der Waals surface area contributed by atoms with Crippen LogP contribution in [-0.2, 0) is 0 Å². The van der Waals surface area contributed by atoms with E-state index < -0.39 is 0 Å². The van der Waals surface area contributed by atoms with Gasteiger partial charge in [-0.3, -0.25) is 13.7 Å². The molecule has 0 spiro atoms. The van der Waals surface area contributed by atoms with Crippen LogP contribution in [0.1, 0.15) is 0 Å². The SMILES string of the molecule is c1ccc2c(c1)c1ccccc1n2-c1nc(-n2c3ccccc3c3ccccc32)c2ncnc(-n3c4ccccc4c4ccccc43)c2n1. The van der Waals surface area contributed by atoms with Crippen LogP contribution in [0.2, 0.25) is 0 Å². The second-order valence-electron chi connectivity index (χ2n) is 12.4. The minimum atomic E-state index is 0.554. The molecule has 0 aliphatic heterocycles. The third kappa shape index (κ3) is 3.56. The van der Waals surface area contributed by atoms with Crippen LogP contribution in [0.15, 0.2) is 152 Å². The number of benzene rings is 6. The first-order valence-corrected chi connectivity index (χ1v) is 16.3. The molecule has 228 valence electrons. The van der Waals surface area contributed by atoms with Crippen LogP contribution in [0.25, 0.3) is 94.0 Å². The zero-order chi connectivity index (χ0) is 32.1. The molecule has 49 heavy (non-hydrogen) atoms. The molecule has 11 aromatic rings. The van der Waals surface area contributed by atoms with E-state index in [1.807, 2.05) is 0 Å². The summed E-state index contributed by atoms with van der Waals surface area (Å²) in [5.41, 5.74) is 7.61. The summed E-state index contributed by atoms with van der Waals surface area (Å²) in [6.07, 6.45) is 1.64. The van der Waals surface area contributed by atoms with Gasteiger partial charge in [-0.15, -0.1) is 0 Å². The molecule has 0 N–H and O–H groups in total. The fourth-order valence-corrected chi connectivity index (χ4v) is 7.77. The fraction of sp³-hybridized carbons (Fsp3) is 0. The number of nitrogens with zero attached hydrogens (tertiary/aromatic N) is 7. The molecule has 0 atom stereocenters. The predicted molar refractivity (Wildman–Crippen MR) is 198 cm³/mol. The van der Waals surface area contributed by atoms with E-state index >= 15 is 0 Å². The van der Waals surface area contributed by atoms with Crippen LogP contribution >= 0.6 is 0 Å². The maximum Gasteiger partial charge on any atom is 0.237 e. The van der Waals surface area contributed by atoms with Crippen molar-refractivity contribution >= 4 is 76.5 Å². The first-order chi connectivity index (χ1) is 24.3. The summed E-state index contributed by atoms with van der Waals surface area (Å²) in [6, 6.07) is 50.8. The third-order valence-electron chi connectivity index (χ3n) is 9.80. The second-order valence-corrected chi connectivity index (χ2v) is 12.4. The zero-order valence-electron chi connectivity index (χ0n) is 26.1. The number of rotatable bonds is 3. The van der Waals surface area contributed by atoms with Crippen molar-refractivity contribution in [3.8, 4) is 17.6 Å². The lowest BCUT2D eigenvalue weighted by Crippen LogP contribution is -2.10. The summed E-state index contributed by atoms with van der Waals surface area (Å²) in [5.74, 6) is 1.95. The molecule has 5 heterocycles. The summed E-state index contributed by atoms with van der Waals surface area (Å²) < 4.78 is 6.62. The van der Waals surface area contributed by atoms with Crippen LogP contribution in [0.4, 0.5) is 0 Å². The second kappa shape index (κ2) is 9.82. The van der Waals surface area contributed by atoms with Crippen molar-refractivity contribution in [3.05, 3.63) is 152 Å². The number of aromatic nitrogens is 7. The van der Waals surface area contributed by atoms with E-state index in [4.69, 9.17) is 19.9 Å². The molecule has 0 unspecified atom stereocenters. The largest absolute Gasteiger partial charge is 0.292 e. The Labute approximate surface area is 279 Å². The Morgan fingerprint density at radius 3 is 1.06 bits per heavy atom. The van der Waals surface area contributed by atoms with Gasteiger partial charge in [0.25, 0.3) is 0 Å². The first kappa shape index (κ1) is 26.2. The molecule has 0 radical (unpaired) electrons. The topological polar surface area (TPSA) is 66.3 Å². The van der Waals surface area contributed by atoms with E-state index in [1.165, 1.54) is 0 Å². The lowest BCUT2D eigenvalue weighted by Gasteiger charge is -2.15. The Kier molecular flexibility index (Phi) is 5.26. The molecule has 0 amide bonds. The van der Waals surface area contributed by atoms with Gasteiger partial charge in [-0.2, -0.15) is 4.98 Å². The van der Waals surface area contributed by atoms with Gasteiger partial charge in [0.15, 0.2) is 11.6 Å². The van der Waals surface area contributed by atoms with E-state index in [-0.39, 0.29) is 0 Å². The average molecular weight is 628 g/mol. The Morgan fingerprint density at radius 1 is 0.306 bits per heavy atom. The third-order valence-corrected chi connectivity index (χ3v) is 9.80. The van der Waals surface area contributed by atoms with E-state index in [2.05, 4.69) is 159 Å². The van der Waals surface area contributed by atoms with Crippen molar-refractivity contribution in [3.63, 3.8) is 0 Å². The molecule has 0 saturated carbocycles. The monoisotopic (exact) mass is 627 g/mol. The van der Waals surface area contributed by atoms with Gasteiger partial charge in [-0.05, 0) is 36.4 Å². The van der Waals surface area contributed by atoms with Gasteiger partial charge in [-0.1, -0.05) is 109 Å². The maximum absolute atomic E-state index is 5.45. The molecule has 7 nitrogen and oxygen atoms in total. The lowest BCUT2D eigenvalue weighted by atomic mass is 10.2. The van der Waals surface area contributed by atoms with Crippen molar-refractivity contribution in [2.24, 2.45) is 0 Å². The number of hydrogen-bond acceptors (Lipinski definition) is 4. The van der Waals surface area contributed by atoms with E-state index in [0.717, 1.165) is 65.4 Å². The van der Waals surface area contributed by atoms with Gasteiger partial charge in [-0.25, -0.2) is 15.0 Å². The Balaban J connectivity index is 1.35. The summed E-state index contributed by atoms with van der Waals surface area (Å²) in [4.78, 5) is 20.8. The van der Waals surface area contributed by atoms with Crippen LogP contribution in [0.5, 0.6) is 0 Å². The van der Waals surface area contributed by atoms with Crippen LogP contribution < -0.4 is 0 Å². The predicted octanol–water partition coefficient (Wildman–Crippen LogP) is 9.71. The van der Waals surface area contributed by atoms with Gasteiger partial charge in [0, 0.05) is 32.3 Å². The van der Waals surface area contributed by atoms with E-state index in [1.54, 1.807) is 6.33 Å². The maximum atomic E-state index is 5.45. The Bertz CT molecular complexity index is 2970. The fourth-order valence-electron chi connectivity index (χ4n) is 7.77. The normalized spacial score (nSPS) is 12.1. The van der Waals surface area contributed by atoms with Gasteiger partial charge < -0.3 is 0 Å². The highest BCUT2D eigenvalue weighted by Gasteiger charge is 2.24. The lowest BCUT2D eigenvalue weighted by molar-refractivity contribution is 0.952. The minimum Gasteiger partial charge on any atom is -0.292 e. The zero-order valence-corrected chi connectivity index (χ0v) is 26.1. The molecule has 0 bridgehead atoms. The quantitative estimate of drug-likeness (QED) is 0.196. The highest BCUT2D eigenvalue weighted by Crippen LogP contribution is 2.38. The highest BCUT2D eigenvalue weighted by molar-refractivity contribution is 6.12. The molecule has 0 aliphatic rings. The summed E-state index contributed by atoms with van der Waals surface area (Å²) in [6.45, 7) is 0. The van der Waals surface area contributed by atoms with Crippen LogP contribution in [0.3, 0.4) is 0 Å². The minimum absolute atomic E-state index is 0.554. The van der Waals surface area contributed by atoms with Gasteiger partial charge in [0.05, 0.1) is 33.1 Å². The summed E-state index contributed by atoms with van der Waals surface area (Å²) in [5, 5.41) is 6.91. The van der Waals surface area contributed by atoms with Crippen molar-refractivity contribution < 1.29 is 0 Å². The molecule has 0 saturated heterocycles. The molecule has 6 aromatic carbocycles. The number of fused-ring (bicyclic) bond motifs is 10. The number of hydrogen-bond donors (Lipinski definition) is 0.